The summed E-state index contributed by atoms with van der Waals surface area (Å²) < 4.78 is 49.1. The zero-order chi connectivity index (χ0) is 21.7. The van der Waals surface area contributed by atoms with Gasteiger partial charge >= 0.3 is 5.69 Å². The molecule has 11 heteroatoms. The van der Waals surface area contributed by atoms with E-state index in [1.54, 1.807) is 26.0 Å². The second kappa shape index (κ2) is 7.43. The summed E-state index contributed by atoms with van der Waals surface area (Å²) in [6, 6.07) is 7.46. The van der Waals surface area contributed by atoms with Crippen LogP contribution in [0, 0.1) is 6.92 Å². The quantitative estimate of drug-likeness (QED) is 0.675. The lowest BCUT2D eigenvalue weighted by atomic mass is 10.1. The second-order valence-electron chi connectivity index (χ2n) is 7.70. The summed E-state index contributed by atoms with van der Waals surface area (Å²) in [5.41, 5.74) is -0.295. The molecule has 2 aliphatic rings. The minimum Gasteiger partial charge on any atom is -0.346 e. The molecule has 1 N–H and O–H groups in total. The van der Waals surface area contributed by atoms with Gasteiger partial charge in [-0.2, -0.15) is 8.42 Å². The summed E-state index contributed by atoms with van der Waals surface area (Å²) >= 11 is 0. The minimum absolute atomic E-state index is 0.0278. The van der Waals surface area contributed by atoms with Gasteiger partial charge in [0.25, 0.3) is 15.7 Å². The molecule has 4 unspecified atom stereocenters. The maximum absolute atomic E-state index is 12.5. The molecule has 2 aliphatic heterocycles. The highest BCUT2D eigenvalue weighted by Crippen LogP contribution is 2.42. The first-order chi connectivity index (χ1) is 14.1. The topological polar surface area (TPSA) is 126 Å². The summed E-state index contributed by atoms with van der Waals surface area (Å²) in [6.45, 7) is 4.94. The molecular weight excluding hydrogens is 416 g/mol. The van der Waals surface area contributed by atoms with Gasteiger partial charge in [0.1, 0.15) is 18.3 Å². The van der Waals surface area contributed by atoms with Crippen molar-refractivity contribution in [3.05, 3.63) is 62.9 Å². The molecule has 0 saturated carbocycles. The van der Waals surface area contributed by atoms with E-state index >= 15 is 0 Å². The molecule has 4 atom stereocenters. The molecule has 2 saturated heterocycles. The molecule has 0 radical (unpaired) electrons. The van der Waals surface area contributed by atoms with Gasteiger partial charge in [0.2, 0.25) is 0 Å². The van der Waals surface area contributed by atoms with Gasteiger partial charge in [-0.15, -0.1) is 0 Å². The molecule has 0 spiro atoms. The van der Waals surface area contributed by atoms with Gasteiger partial charge in [-0.25, -0.2) is 4.79 Å². The van der Waals surface area contributed by atoms with Gasteiger partial charge < -0.3 is 14.2 Å². The van der Waals surface area contributed by atoms with Crippen LogP contribution in [0.5, 0.6) is 0 Å². The summed E-state index contributed by atoms with van der Waals surface area (Å²) in [5.74, 6) is -0.961. The predicted octanol–water partition coefficient (Wildman–Crippen LogP) is 0.668. The number of benzene rings is 1. The van der Waals surface area contributed by atoms with Crippen LogP contribution >= 0.6 is 0 Å². The third-order valence-corrected chi connectivity index (χ3v) is 6.24. The number of nitrogens with one attached hydrogen (secondary N) is 1. The van der Waals surface area contributed by atoms with E-state index in [9.17, 15) is 18.0 Å². The molecule has 2 aromatic rings. The Morgan fingerprint density at radius 2 is 1.77 bits per heavy atom. The van der Waals surface area contributed by atoms with Crippen LogP contribution < -0.4 is 11.2 Å². The van der Waals surface area contributed by atoms with Gasteiger partial charge in [-0.05, 0) is 32.9 Å². The highest BCUT2D eigenvalue weighted by Gasteiger charge is 2.56. The normalized spacial score (nSPS) is 27.8. The lowest BCUT2D eigenvalue weighted by Crippen LogP contribution is -2.37. The average molecular weight is 438 g/mol. The van der Waals surface area contributed by atoms with Crippen LogP contribution in [-0.2, 0) is 28.5 Å². The fourth-order valence-corrected chi connectivity index (χ4v) is 4.49. The summed E-state index contributed by atoms with van der Waals surface area (Å²) in [6.07, 6.45) is -1.81. The minimum atomic E-state index is -4.01. The third-order valence-electron chi connectivity index (χ3n) is 4.95. The number of hydrogen-bond acceptors (Lipinski definition) is 8. The van der Waals surface area contributed by atoms with Crippen LogP contribution in [0.1, 0.15) is 25.6 Å². The molecule has 0 amide bonds. The molecule has 0 bridgehead atoms. The van der Waals surface area contributed by atoms with Crippen molar-refractivity contribution in [2.45, 2.75) is 56.0 Å². The monoisotopic (exact) mass is 438 g/mol. The van der Waals surface area contributed by atoms with E-state index in [1.165, 1.54) is 29.0 Å². The van der Waals surface area contributed by atoms with Crippen LogP contribution in [-0.4, -0.2) is 48.7 Å². The highest BCUT2D eigenvalue weighted by atomic mass is 32.2. The second-order valence-corrected chi connectivity index (χ2v) is 9.31. The number of aryl methyl sites for hydroxylation is 1. The molecular formula is C19H22N2O8S. The largest absolute Gasteiger partial charge is 0.346 e. The zero-order valence-corrected chi connectivity index (χ0v) is 17.4. The standard InChI is InChI=1S/C19H22N2O8S/c1-11-4-6-12(7-5-11)30(24,25)26-10-13-15-16(29-19(2,3)28-15)17(27-13)21-9-8-14(22)20-18(21)23/h4-9,13,15-17H,10H2,1-3H3,(H,20,22,23). The third kappa shape index (κ3) is 3.98. The van der Waals surface area contributed by atoms with Crippen LogP contribution in [0.15, 0.2) is 51.0 Å². The van der Waals surface area contributed by atoms with Crippen LogP contribution in [0.25, 0.3) is 0 Å². The molecule has 30 heavy (non-hydrogen) atoms. The van der Waals surface area contributed by atoms with E-state index in [-0.39, 0.29) is 11.5 Å². The van der Waals surface area contributed by atoms with E-state index in [0.29, 0.717) is 0 Å². The zero-order valence-electron chi connectivity index (χ0n) is 16.6. The lowest BCUT2D eigenvalue weighted by Gasteiger charge is -2.24. The van der Waals surface area contributed by atoms with E-state index in [0.717, 1.165) is 5.56 Å². The van der Waals surface area contributed by atoms with Crippen molar-refractivity contribution in [2.24, 2.45) is 0 Å². The van der Waals surface area contributed by atoms with Gasteiger partial charge in [0.15, 0.2) is 12.0 Å². The maximum atomic E-state index is 12.5. The summed E-state index contributed by atoms with van der Waals surface area (Å²) in [5, 5.41) is 0. The summed E-state index contributed by atoms with van der Waals surface area (Å²) in [4.78, 5) is 25.8. The van der Waals surface area contributed by atoms with Gasteiger partial charge in [-0.3, -0.25) is 18.5 Å². The van der Waals surface area contributed by atoms with Gasteiger partial charge in [0.05, 0.1) is 11.5 Å². The van der Waals surface area contributed by atoms with Crippen molar-refractivity contribution in [2.75, 3.05) is 6.61 Å². The Kier molecular flexibility index (Phi) is 5.19. The number of aromatic amines is 1. The van der Waals surface area contributed by atoms with Crippen molar-refractivity contribution in [1.82, 2.24) is 9.55 Å². The first kappa shape index (κ1) is 20.9. The van der Waals surface area contributed by atoms with Crippen LogP contribution in [0.3, 0.4) is 0 Å². The molecule has 0 aliphatic carbocycles. The number of ether oxygens (including phenoxy) is 3. The number of nitrogens with zero attached hydrogens (tertiary/aromatic N) is 1. The number of fused-ring (bicyclic) bond motifs is 1. The fraction of sp³-hybridized carbons (Fsp3) is 0.474. The first-order valence-corrected chi connectivity index (χ1v) is 10.8. The Morgan fingerprint density at radius 1 is 1.10 bits per heavy atom. The molecule has 1 aromatic carbocycles. The van der Waals surface area contributed by atoms with E-state index in [4.69, 9.17) is 18.4 Å². The molecule has 162 valence electrons. The number of rotatable bonds is 5. The van der Waals surface area contributed by atoms with Crippen LogP contribution in [0.4, 0.5) is 0 Å². The van der Waals surface area contributed by atoms with Gasteiger partial charge in [-0.1, -0.05) is 17.7 Å². The predicted molar refractivity (Wildman–Crippen MR) is 103 cm³/mol. The summed E-state index contributed by atoms with van der Waals surface area (Å²) in [7, 11) is -4.01. The van der Waals surface area contributed by atoms with E-state index < -0.39 is 51.7 Å². The molecule has 1 aromatic heterocycles. The van der Waals surface area contributed by atoms with Crippen molar-refractivity contribution >= 4 is 10.1 Å². The Labute approximate surface area is 172 Å². The SMILES string of the molecule is Cc1ccc(S(=O)(=O)OCC2OC(n3ccc(=O)[nH]c3=O)C3OC(C)(C)OC23)cc1. The molecule has 3 heterocycles. The number of aromatic nitrogens is 2. The Hall–Kier alpha value is -2.31. The van der Waals surface area contributed by atoms with Crippen molar-refractivity contribution in [3.8, 4) is 0 Å². The fourth-order valence-electron chi connectivity index (χ4n) is 3.57. The van der Waals surface area contributed by atoms with E-state index in [1.807, 2.05) is 6.92 Å². The maximum Gasteiger partial charge on any atom is 0.330 e. The van der Waals surface area contributed by atoms with Crippen molar-refractivity contribution < 1.29 is 26.8 Å². The Balaban J connectivity index is 1.57. The Morgan fingerprint density at radius 3 is 2.43 bits per heavy atom. The average Bonchev–Trinajstić information content (AvgIpc) is 3.14. The van der Waals surface area contributed by atoms with Crippen molar-refractivity contribution in [3.63, 3.8) is 0 Å². The molecule has 10 nitrogen and oxygen atoms in total. The lowest BCUT2D eigenvalue weighted by molar-refractivity contribution is -0.199. The smallest absolute Gasteiger partial charge is 0.330 e. The van der Waals surface area contributed by atoms with Crippen molar-refractivity contribution in [1.29, 1.82) is 0 Å². The highest BCUT2D eigenvalue weighted by molar-refractivity contribution is 7.86. The number of H-pyrrole nitrogens is 1. The first-order valence-electron chi connectivity index (χ1n) is 9.34. The number of hydrogen-bond donors (Lipinski definition) is 1. The van der Waals surface area contributed by atoms with Crippen LogP contribution in [0.2, 0.25) is 0 Å². The van der Waals surface area contributed by atoms with E-state index in [2.05, 4.69) is 4.98 Å². The van der Waals surface area contributed by atoms with Gasteiger partial charge in [0, 0.05) is 12.3 Å². The molecule has 4 rings (SSSR count). The Bertz CT molecular complexity index is 1150. The molecule has 2 fully saturated rings.